The van der Waals surface area contributed by atoms with Gasteiger partial charge in [-0.15, -0.1) is 10.2 Å². The Morgan fingerprint density at radius 2 is 1.97 bits per heavy atom. The lowest BCUT2D eigenvalue weighted by Crippen LogP contribution is -1.93. The van der Waals surface area contributed by atoms with Gasteiger partial charge in [0, 0.05) is 10.9 Å². The van der Waals surface area contributed by atoms with Gasteiger partial charge in [-0.2, -0.15) is 9.61 Å². The maximum absolute atomic E-state index is 5.47. The van der Waals surface area contributed by atoms with E-state index in [9.17, 15) is 0 Å². The number of rotatable bonds is 3. The summed E-state index contributed by atoms with van der Waals surface area (Å²) in [6, 6.07) is 15.5. The fourth-order valence-corrected chi connectivity index (χ4v) is 4.15. The number of benzene rings is 2. The van der Waals surface area contributed by atoms with E-state index in [1.807, 2.05) is 48.5 Å². The number of pyridine rings is 1. The van der Waals surface area contributed by atoms with Crippen molar-refractivity contribution >= 4 is 27.2 Å². The molecule has 0 amide bonds. The highest BCUT2D eigenvalue weighted by atomic mass is 32.1. The van der Waals surface area contributed by atoms with Crippen molar-refractivity contribution in [3.63, 3.8) is 0 Å². The van der Waals surface area contributed by atoms with Gasteiger partial charge in [-0.3, -0.25) is 0 Å². The number of aromatic nitrogens is 5. The zero-order chi connectivity index (χ0) is 19.4. The van der Waals surface area contributed by atoms with E-state index in [1.54, 1.807) is 11.6 Å². The largest absolute Gasteiger partial charge is 0.494 e. The van der Waals surface area contributed by atoms with Crippen molar-refractivity contribution < 1.29 is 14.2 Å². The first-order chi connectivity index (χ1) is 14.3. The van der Waals surface area contributed by atoms with E-state index in [0.717, 1.165) is 38.7 Å². The minimum Gasteiger partial charge on any atom is -0.494 e. The molecule has 142 valence electrons. The van der Waals surface area contributed by atoms with Crippen molar-refractivity contribution in [2.45, 2.75) is 0 Å². The summed E-state index contributed by atoms with van der Waals surface area (Å²) in [4.78, 5) is 5.46. The van der Waals surface area contributed by atoms with Gasteiger partial charge in [0.15, 0.2) is 22.3 Å². The topological polar surface area (TPSA) is 83.7 Å². The van der Waals surface area contributed by atoms with Crippen LogP contribution in [0.5, 0.6) is 17.2 Å². The third kappa shape index (κ3) is 2.51. The van der Waals surface area contributed by atoms with E-state index < -0.39 is 0 Å². The molecule has 0 radical (unpaired) electrons. The quantitative estimate of drug-likeness (QED) is 0.453. The molecule has 6 rings (SSSR count). The van der Waals surface area contributed by atoms with Crippen LogP contribution in [0.2, 0.25) is 0 Å². The molecule has 0 saturated carbocycles. The average molecular weight is 403 g/mol. The highest BCUT2D eigenvalue weighted by Crippen LogP contribution is 2.36. The maximum Gasteiger partial charge on any atom is 0.235 e. The van der Waals surface area contributed by atoms with E-state index in [0.29, 0.717) is 16.5 Å². The molecule has 1 aliphatic heterocycles. The maximum atomic E-state index is 5.47. The summed E-state index contributed by atoms with van der Waals surface area (Å²) in [6.45, 7) is 0.228. The third-order valence-electron chi connectivity index (χ3n) is 4.74. The van der Waals surface area contributed by atoms with Gasteiger partial charge in [0.2, 0.25) is 11.8 Å². The zero-order valence-corrected chi connectivity index (χ0v) is 16.0. The van der Waals surface area contributed by atoms with Crippen LogP contribution >= 0.6 is 11.3 Å². The van der Waals surface area contributed by atoms with Crippen molar-refractivity contribution in [3.8, 4) is 39.3 Å². The Kier molecular flexibility index (Phi) is 3.44. The minimum absolute atomic E-state index is 0.228. The molecule has 4 heterocycles. The first-order valence-electron chi connectivity index (χ1n) is 8.86. The molecule has 0 fully saturated rings. The predicted molar refractivity (Wildman–Crippen MR) is 108 cm³/mol. The second-order valence-corrected chi connectivity index (χ2v) is 7.38. The SMILES string of the molecule is COc1cccc2ccc(-c3nn4c(-c5ccc6c(c5)OCO6)nnc4s3)nc12. The standard InChI is InChI=1S/C20H13N5O3S/c1-26-15-4-2-3-11-5-7-13(21-17(11)15)19-24-25-18(22-23-20(25)29-19)12-6-8-14-16(9-12)28-10-27-14/h2-9H,10H2,1H3. The van der Waals surface area contributed by atoms with Crippen molar-refractivity contribution in [2.24, 2.45) is 0 Å². The Balaban J connectivity index is 1.46. The summed E-state index contributed by atoms with van der Waals surface area (Å²) in [6.07, 6.45) is 0. The van der Waals surface area contributed by atoms with Gasteiger partial charge in [0.25, 0.3) is 0 Å². The Morgan fingerprint density at radius 3 is 2.90 bits per heavy atom. The van der Waals surface area contributed by atoms with Crippen LogP contribution < -0.4 is 14.2 Å². The van der Waals surface area contributed by atoms with Gasteiger partial charge in [-0.1, -0.05) is 29.5 Å². The fourth-order valence-electron chi connectivity index (χ4n) is 3.34. The summed E-state index contributed by atoms with van der Waals surface area (Å²) >= 11 is 1.43. The lowest BCUT2D eigenvalue weighted by atomic mass is 10.2. The Labute approximate surface area is 168 Å². The molecule has 0 saturated heterocycles. The molecule has 8 nitrogen and oxygen atoms in total. The van der Waals surface area contributed by atoms with Gasteiger partial charge >= 0.3 is 0 Å². The molecule has 0 N–H and O–H groups in total. The molecule has 3 aromatic heterocycles. The number of ether oxygens (including phenoxy) is 3. The molecule has 0 unspecified atom stereocenters. The molecule has 5 aromatic rings. The van der Waals surface area contributed by atoms with Crippen molar-refractivity contribution in [2.75, 3.05) is 13.9 Å². The summed E-state index contributed by atoms with van der Waals surface area (Å²) < 4.78 is 18.0. The molecular formula is C20H13N5O3S. The molecule has 0 spiro atoms. The molecule has 0 aliphatic carbocycles. The first-order valence-corrected chi connectivity index (χ1v) is 9.68. The number of hydrogen-bond donors (Lipinski definition) is 0. The van der Waals surface area contributed by atoms with Crippen LogP contribution in [0, 0.1) is 0 Å². The summed E-state index contributed by atoms with van der Waals surface area (Å²) in [7, 11) is 1.64. The van der Waals surface area contributed by atoms with Crippen molar-refractivity contribution in [3.05, 3.63) is 48.5 Å². The number of fused-ring (bicyclic) bond motifs is 3. The zero-order valence-electron chi connectivity index (χ0n) is 15.2. The second kappa shape index (κ2) is 6.14. The highest BCUT2D eigenvalue weighted by molar-refractivity contribution is 7.19. The van der Waals surface area contributed by atoms with E-state index in [1.165, 1.54) is 11.3 Å². The number of nitrogens with zero attached hydrogens (tertiary/aromatic N) is 5. The monoisotopic (exact) mass is 403 g/mol. The summed E-state index contributed by atoms with van der Waals surface area (Å²) in [5.74, 6) is 2.79. The summed E-state index contributed by atoms with van der Waals surface area (Å²) in [5.41, 5.74) is 2.41. The first kappa shape index (κ1) is 16.3. The van der Waals surface area contributed by atoms with Gasteiger partial charge in [0.05, 0.1) is 7.11 Å². The van der Waals surface area contributed by atoms with Crippen molar-refractivity contribution in [1.29, 1.82) is 0 Å². The van der Waals surface area contributed by atoms with E-state index in [-0.39, 0.29) is 6.79 Å². The van der Waals surface area contributed by atoms with Gasteiger partial charge in [0.1, 0.15) is 17.0 Å². The second-order valence-electron chi connectivity index (χ2n) is 6.42. The Morgan fingerprint density at radius 1 is 1.03 bits per heavy atom. The molecule has 0 bridgehead atoms. The Bertz CT molecular complexity index is 1390. The number of methoxy groups -OCH3 is 1. The molecule has 9 heteroatoms. The van der Waals surface area contributed by atoms with Gasteiger partial charge < -0.3 is 14.2 Å². The number of hydrogen-bond acceptors (Lipinski definition) is 8. The van der Waals surface area contributed by atoms with Gasteiger partial charge in [-0.05, 0) is 30.3 Å². The van der Waals surface area contributed by atoms with Crippen LogP contribution in [-0.4, -0.2) is 38.7 Å². The molecule has 0 atom stereocenters. The van der Waals surface area contributed by atoms with Crippen LogP contribution in [0.25, 0.3) is 38.0 Å². The van der Waals surface area contributed by atoms with Crippen LogP contribution in [0.3, 0.4) is 0 Å². The normalized spacial score (nSPS) is 12.7. The summed E-state index contributed by atoms with van der Waals surface area (Å²) in [5, 5.41) is 15.0. The lowest BCUT2D eigenvalue weighted by Gasteiger charge is -2.05. The molecular weight excluding hydrogens is 390 g/mol. The smallest absolute Gasteiger partial charge is 0.235 e. The average Bonchev–Trinajstić information content (AvgIpc) is 3.47. The van der Waals surface area contributed by atoms with Crippen LogP contribution in [0.15, 0.2) is 48.5 Å². The van der Waals surface area contributed by atoms with E-state index in [4.69, 9.17) is 24.3 Å². The van der Waals surface area contributed by atoms with E-state index >= 15 is 0 Å². The highest BCUT2D eigenvalue weighted by Gasteiger charge is 2.19. The minimum atomic E-state index is 0.228. The van der Waals surface area contributed by atoms with Gasteiger partial charge in [-0.25, -0.2) is 4.98 Å². The molecule has 2 aromatic carbocycles. The molecule has 1 aliphatic rings. The van der Waals surface area contributed by atoms with Crippen LogP contribution in [-0.2, 0) is 0 Å². The van der Waals surface area contributed by atoms with E-state index in [2.05, 4.69) is 10.2 Å². The van der Waals surface area contributed by atoms with Crippen LogP contribution in [0.4, 0.5) is 0 Å². The van der Waals surface area contributed by atoms with Crippen molar-refractivity contribution in [1.82, 2.24) is 24.8 Å². The predicted octanol–water partition coefficient (Wildman–Crippen LogP) is 3.81. The lowest BCUT2D eigenvalue weighted by molar-refractivity contribution is 0.174. The van der Waals surface area contributed by atoms with Crippen LogP contribution in [0.1, 0.15) is 0 Å². The number of para-hydroxylation sites is 1. The fraction of sp³-hybridized carbons (Fsp3) is 0.100. The molecule has 29 heavy (non-hydrogen) atoms. The third-order valence-corrected chi connectivity index (χ3v) is 5.67. The Hall–Kier alpha value is -3.72.